The monoisotopic (exact) mass is 310 g/mol. The van der Waals surface area contributed by atoms with Gasteiger partial charge in [0, 0.05) is 16.8 Å². The number of allylic oxidation sites excluding steroid dienone is 2. The molecule has 0 saturated carbocycles. The lowest BCUT2D eigenvalue weighted by Gasteiger charge is -2.18. The SMILES string of the molecule is CC(NC(=O)c1ccc(N)c(C(=N)N)c1)C1=CC(=N)C(=N)C=C1. The minimum absolute atomic E-state index is 0.106. The molecule has 8 N–H and O–H groups in total. The summed E-state index contributed by atoms with van der Waals surface area (Å²) in [5, 5.41) is 25.4. The van der Waals surface area contributed by atoms with Gasteiger partial charge in [-0.1, -0.05) is 6.08 Å². The Morgan fingerprint density at radius 1 is 1.22 bits per heavy atom. The molecule has 23 heavy (non-hydrogen) atoms. The summed E-state index contributed by atoms with van der Waals surface area (Å²) in [6.07, 6.45) is 4.78. The van der Waals surface area contributed by atoms with Crippen molar-refractivity contribution in [1.82, 2.24) is 5.32 Å². The third-order valence-corrected chi connectivity index (χ3v) is 3.50. The zero-order valence-corrected chi connectivity index (χ0v) is 12.6. The predicted octanol–water partition coefficient (Wildman–Crippen LogP) is 1.21. The smallest absolute Gasteiger partial charge is 0.251 e. The van der Waals surface area contributed by atoms with E-state index in [0.29, 0.717) is 16.8 Å². The molecule has 7 heteroatoms. The van der Waals surface area contributed by atoms with Crippen LogP contribution in [0.5, 0.6) is 0 Å². The van der Waals surface area contributed by atoms with Crippen LogP contribution in [0.25, 0.3) is 0 Å². The second-order valence-corrected chi connectivity index (χ2v) is 5.22. The Morgan fingerprint density at radius 2 is 1.91 bits per heavy atom. The van der Waals surface area contributed by atoms with Crippen LogP contribution in [0.3, 0.4) is 0 Å². The Hall–Kier alpha value is -3.22. The van der Waals surface area contributed by atoms with Gasteiger partial charge >= 0.3 is 0 Å². The van der Waals surface area contributed by atoms with Crippen LogP contribution in [-0.4, -0.2) is 29.2 Å². The average molecular weight is 310 g/mol. The third-order valence-electron chi connectivity index (χ3n) is 3.50. The lowest BCUT2D eigenvalue weighted by Crippen LogP contribution is -2.35. The van der Waals surface area contributed by atoms with Gasteiger partial charge in [0.25, 0.3) is 5.91 Å². The second-order valence-electron chi connectivity index (χ2n) is 5.22. The lowest BCUT2D eigenvalue weighted by atomic mass is 9.98. The molecule has 7 nitrogen and oxygen atoms in total. The molecule has 0 aliphatic heterocycles. The van der Waals surface area contributed by atoms with Crippen LogP contribution in [0.2, 0.25) is 0 Å². The van der Waals surface area contributed by atoms with Crippen molar-refractivity contribution in [3.8, 4) is 0 Å². The van der Waals surface area contributed by atoms with E-state index in [1.807, 2.05) is 0 Å². The van der Waals surface area contributed by atoms with E-state index in [-0.39, 0.29) is 29.2 Å². The van der Waals surface area contributed by atoms with Crippen molar-refractivity contribution in [2.24, 2.45) is 5.73 Å². The topological polar surface area (TPSA) is 153 Å². The molecular formula is C16H18N6O. The van der Waals surface area contributed by atoms with Crippen LogP contribution in [-0.2, 0) is 0 Å². The highest BCUT2D eigenvalue weighted by Gasteiger charge is 2.16. The second kappa shape index (κ2) is 6.27. The molecule has 0 spiro atoms. The number of benzene rings is 1. The van der Waals surface area contributed by atoms with Gasteiger partial charge < -0.3 is 16.8 Å². The van der Waals surface area contributed by atoms with E-state index < -0.39 is 0 Å². The number of nitrogens with one attached hydrogen (secondary N) is 4. The van der Waals surface area contributed by atoms with Crippen molar-refractivity contribution in [3.05, 3.63) is 53.1 Å². The van der Waals surface area contributed by atoms with Crippen LogP contribution in [0.15, 0.2) is 42.0 Å². The zero-order valence-electron chi connectivity index (χ0n) is 12.6. The fraction of sp³-hybridized carbons (Fsp3) is 0.125. The molecule has 0 heterocycles. The van der Waals surface area contributed by atoms with Crippen molar-refractivity contribution in [2.45, 2.75) is 13.0 Å². The van der Waals surface area contributed by atoms with E-state index in [9.17, 15) is 4.79 Å². The molecule has 1 amide bonds. The van der Waals surface area contributed by atoms with Gasteiger partial charge in [-0.15, -0.1) is 0 Å². The molecule has 0 saturated heterocycles. The average Bonchev–Trinajstić information content (AvgIpc) is 2.49. The van der Waals surface area contributed by atoms with Gasteiger partial charge in [-0.3, -0.25) is 21.0 Å². The first-order chi connectivity index (χ1) is 10.8. The lowest BCUT2D eigenvalue weighted by molar-refractivity contribution is 0.0946. The molecule has 1 atom stereocenters. The van der Waals surface area contributed by atoms with Crippen LogP contribution >= 0.6 is 0 Å². The standard InChI is InChI=1S/C16H18N6O/c1-8(9-2-5-13(18)14(19)7-9)22-16(23)10-3-4-12(17)11(6-10)15(20)21/h2-8,18-19H,17H2,1H3,(H3,20,21)(H,22,23). The molecule has 2 rings (SSSR count). The van der Waals surface area contributed by atoms with E-state index in [4.69, 9.17) is 27.7 Å². The summed E-state index contributed by atoms with van der Waals surface area (Å²) in [6, 6.07) is 4.24. The maximum atomic E-state index is 12.3. The molecule has 1 aliphatic rings. The number of carbonyl (C=O) groups excluding carboxylic acids is 1. The molecule has 118 valence electrons. The van der Waals surface area contributed by atoms with Crippen molar-refractivity contribution < 1.29 is 4.79 Å². The third kappa shape index (κ3) is 3.52. The van der Waals surface area contributed by atoms with Crippen molar-refractivity contribution in [1.29, 1.82) is 16.2 Å². The number of amidine groups is 1. The van der Waals surface area contributed by atoms with E-state index in [1.54, 1.807) is 25.1 Å². The molecule has 0 aromatic heterocycles. The van der Waals surface area contributed by atoms with Gasteiger partial charge in [0.15, 0.2) is 0 Å². The van der Waals surface area contributed by atoms with Gasteiger partial charge in [-0.2, -0.15) is 0 Å². The maximum absolute atomic E-state index is 12.3. The summed E-state index contributed by atoms with van der Waals surface area (Å²) in [4.78, 5) is 12.3. The normalized spacial score (nSPS) is 15.1. The molecule has 1 aromatic carbocycles. The number of hydrogen-bond donors (Lipinski definition) is 6. The minimum atomic E-state index is -0.332. The van der Waals surface area contributed by atoms with Crippen molar-refractivity contribution in [2.75, 3.05) is 5.73 Å². The summed E-state index contributed by atoms with van der Waals surface area (Å²) in [7, 11) is 0. The van der Waals surface area contributed by atoms with Crippen LogP contribution in [0.1, 0.15) is 22.8 Å². The van der Waals surface area contributed by atoms with Crippen LogP contribution < -0.4 is 16.8 Å². The summed E-state index contributed by atoms with van der Waals surface area (Å²) >= 11 is 0. The fourth-order valence-electron chi connectivity index (χ4n) is 2.13. The minimum Gasteiger partial charge on any atom is -0.398 e. The number of amides is 1. The number of nitrogens with two attached hydrogens (primary N) is 2. The molecule has 1 aliphatic carbocycles. The number of carbonyl (C=O) groups is 1. The van der Waals surface area contributed by atoms with Crippen LogP contribution in [0, 0.1) is 16.2 Å². The first-order valence-corrected chi connectivity index (χ1v) is 6.91. The molecule has 1 unspecified atom stereocenters. The molecule has 1 aromatic rings. The quantitative estimate of drug-likeness (QED) is 0.214. The van der Waals surface area contributed by atoms with E-state index in [0.717, 1.165) is 5.57 Å². The Bertz CT molecular complexity index is 775. The van der Waals surface area contributed by atoms with E-state index in [2.05, 4.69) is 5.32 Å². The Morgan fingerprint density at radius 3 is 2.52 bits per heavy atom. The number of hydrogen-bond acceptors (Lipinski definition) is 5. The number of rotatable bonds is 4. The van der Waals surface area contributed by atoms with Crippen molar-refractivity contribution >= 4 is 28.9 Å². The molecule has 0 radical (unpaired) electrons. The predicted molar refractivity (Wildman–Crippen MR) is 91.5 cm³/mol. The number of nitrogen functional groups attached to an aromatic ring is 2. The Balaban J connectivity index is 2.16. The van der Waals surface area contributed by atoms with Crippen molar-refractivity contribution in [3.63, 3.8) is 0 Å². The number of anilines is 1. The summed E-state index contributed by atoms with van der Waals surface area (Å²) in [5.41, 5.74) is 13.1. The van der Waals surface area contributed by atoms with Gasteiger partial charge in [0.05, 0.1) is 17.5 Å². The highest BCUT2D eigenvalue weighted by molar-refractivity contribution is 6.49. The summed E-state index contributed by atoms with van der Waals surface area (Å²) in [5.74, 6) is -0.531. The Kier molecular flexibility index (Phi) is 4.40. The first-order valence-electron chi connectivity index (χ1n) is 6.91. The largest absolute Gasteiger partial charge is 0.398 e. The highest BCUT2D eigenvalue weighted by atomic mass is 16.1. The zero-order chi connectivity index (χ0) is 17.1. The first kappa shape index (κ1) is 16.2. The van der Waals surface area contributed by atoms with Crippen LogP contribution in [0.4, 0.5) is 5.69 Å². The summed E-state index contributed by atoms with van der Waals surface area (Å²) in [6.45, 7) is 1.79. The highest BCUT2D eigenvalue weighted by Crippen LogP contribution is 2.15. The van der Waals surface area contributed by atoms with E-state index >= 15 is 0 Å². The van der Waals surface area contributed by atoms with Gasteiger partial charge in [0.2, 0.25) is 0 Å². The van der Waals surface area contributed by atoms with Gasteiger partial charge in [-0.25, -0.2) is 0 Å². The fourth-order valence-corrected chi connectivity index (χ4v) is 2.13. The van der Waals surface area contributed by atoms with Gasteiger partial charge in [0.1, 0.15) is 5.84 Å². The maximum Gasteiger partial charge on any atom is 0.251 e. The molecule has 0 bridgehead atoms. The summed E-state index contributed by atoms with van der Waals surface area (Å²) < 4.78 is 0. The van der Waals surface area contributed by atoms with E-state index in [1.165, 1.54) is 18.2 Å². The Labute approximate surface area is 133 Å². The molecule has 0 fully saturated rings. The van der Waals surface area contributed by atoms with Gasteiger partial charge in [-0.05, 0) is 42.8 Å². The molecular weight excluding hydrogens is 292 g/mol.